The number of hydrogen-bond acceptors (Lipinski definition) is 4. The zero-order valence-corrected chi connectivity index (χ0v) is 11.4. The Morgan fingerprint density at radius 2 is 2.06 bits per heavy atom. The third kappa shape index (κ3) is 1.94. The summed E-state index contributed by atoms with van der Waals surface area (Å²) in [6, 6.07) is 3.49. The highest BCUT2D eigenvalue weighted by molar-refractivity contribution is 7.07. The number of halogens is 2. The van der Waals surface area contributed by atoms with Crippen molar-refractivity contribution < 1.29 is 0 Å². The van der Waals surface area contributed by atoms with Crippen LogP contribution in [0.25, 0.3) is 11.0 Å². The molecule has 0 fully saturated rings. The van der Waals surface area contributed by atoms with Crippen LogP contribution in [-0.2, 0) is 6.54 Å². The quantitative estimate of drug-likeness (QED) is 0.788. The molecule has 0 atom stereocenters. The second-order valence-electron chi connectivity index (χ2n) is 3.79. The number of hydrogen-bond donors (Lipinski definition) is 1. The molecule has 3 rings (SSSR count). The molecule has 0 saturated heterocycles. The largest absolute Gasteiger partial charge is 0.369 e. The van der Waals surface area contributed by atoms with E-state index in [1.54, 1.807) is 29.0 Å². The summed E-state index contributed by atoms with van der Waals surface area (Å²) in [6.45, 7) is 0.573. The average Bonchev–Trinajstić information content (AvgIpc) is 2.92. The normalized spacial score (nSPS) is 11.2. The summed E-state index contributed by atoms with van der Waals surface area (Å²) in [7, 11) is 0. The molecule has 0 aliphatic heterocycles. The fourth-order valence-corrected chi connectivity index (χ4v) is 2.65. The van der Waals surface area contributed by atoms with E-state index in [2.05, 4.69) is 9.97 Å². The topological polar surface area (TPSA) is 56.7 Å². The number of aromatic nitrogens is 3. The summed E-state index contributed by atoms with van der Waals surface area (Å²) < 4.78 is 1.87. The second kappa shape index (κ2) is 4.42. The van der Waals surface area contributed by atoms with Crippen LogP contribution < -0.4 is 5.73 Å². The minimum Gasteiger partial charge on any atom is -0.369 e. The summed E-state index contributed by atoms with van der Waals surface area (Å²) in [5.74, 6) is 0.427. The Balaban J connectivity index is 2.16. The van der Waals surface area contributed by atoms with Gasteiger partial charge in [-0.2, -0.15) is 0 Å². The van der Waals surface area contributed by atoms with Gasteiger partial charge in [0.2, 0.25) is 5.95 Å². The Hall–Kier alpha value is -1.30. The van der Waals surface area contributed by atoms with Crippen LogP contribution in [0.5, 0.6) is 0 Å². The SMILES string of the molecule is Nc1nc2cc(Cl)c(Cl)cc2n1Cc1cscn1. The lowest BCUT2D eigenvalue weighted by atomic mass is 10.3. The van der Waals surface area contributed by atoms with E-state index in [0.29, 0.717) is 22.5 Å². The van der Waals surface area contributed by atoms with Crippen LogP contribution in [0.2, 0.25) is 10.0 Å². The first-order valence-corrected chi connectivity index (χ1v) is 6.83. The molecule has 0 unspecified atom stereocenters. The van der Waals surface area contributed by atoms with Crippen LogP contribution in [0.3, 0.4) is 0 Å². The number of benzene rings is 1. The van der Waals surface area contributed by atoms with Crippen LogP contribution in [0.1, 0.15) is 5.69 Å². The number of fused-ring (bicyclic) bond motifs is 1. The van der Waals surface area contributed by atoms with Gasteiger partial charge in [0.25, 0.3) is 0 Å². The molecule has 4 nitrogen and oxygen atoms in total. The van der Waals surface area contributed by atoms with E-state index in [-0.39, 0.29) is 0 Å². The van der Waals surface area contributed by atoms with Crippen LogP contribution >= 0.6 is 34.5 Å². The van der Waals surface area contributed by atoms with Crippen LogP contribution in [0, 0.1) is 0 Å². The molecule has 18 heavy (non-hydrogen) atoms. The first-order chi connectivity index (χ1) is 8.65. The number of anilines is 1. The molecule has 2 aromatic heterocycles. The Morgan fingerprint density at radius 1 is 1.28 bits per heavy atom. The third-order valence-electron chi connectivity index (χ3n) is 2.62. The molecule has 0 amide bonds. The predicted octanol–water partition coefficient (Wildman–Crippen LogP) is 3.43. The van der Waals surface area contributed by atoms with Crippen LogP contribution in [-0.4, -0.2) is 14.5 Å². The van der Waals surface area contributed by atoms with Crippen molar-refractivity contribution in [2.24, 2.45) is 0 Å². The summed E-state index contributed by atoms with van der Waals surface area (Å²) in [5, 5.41) is 2.94. The van der Waals surface area contributed by atoms with Crippen molar-refractivity contribution in [1.82, 2.24) is 14.5 Å². The summed E-state index contributed by atoms with van der Waals surface area (Å²) in [6.07, 6.45) is 0. The first-order valence-electron chi connectivity index (χ1n) is 5.13. The van der Waals surface area contributed by atoms with E-state index < -0.39 is 0 Å². The maximum Gasteiger partial charge on any atom is 0.201 e. The summed E-state index contributed by atoms with van der Waals surface area (Å²) >= 11 is 13.5. The Kier molecular flexibility index (Phi) is 2.89. The smallest absolute Gasteiger partial charge is 0.201 e. The lowest BCUT2D eigenvalue weighted by Gasteiger charge is -2.04. The molecule has 0 spiro atoms. The van der Waals surface area contributed by atoms with E-state index >= 15 is 0 Å². The van der Waals surface area contributed by atoms with Crippen molar-refractivity contribution in [3.63, 3.8) is 0 Å². The summed E-state index contributed by atoms with van der Waals surface area (Å²) in [4.78, 5) is 8.50. The highest BCUT2D eigenvalue weighted by Crippen LogP contribution is 2.29. The second-order valence-corrected chi connectivity index (χ2v) is 5.32. The van der Waals surface area contributed by atoms with E-state index in [1.807, 2.05) is 9.95 Å². The van der Waals surface area contributed by atoms with Gasteiger partial charge in [-0.1, -0.05) is 23.2 Å². The Labute approximate surface area is 117 Å². The Morgan fingerprint density at radius 3 is 2.78 bits per heavy atom. The van der Waals surface area contributed by atoms with Crippen molar-refractivity contribution in [2.75, 3.05) is 5.73 Å². The van der Waals surface area contributed by atoms with Gasteiger partial charge in [-0.25, -0.2) is 9.97 Å². The monoisotopic (exact) mass is 298 g/mol. The van der Waals surface area contributed by atoms with Crippen LogP contribution in [0.15, 0.2) is 23.0 Å². The number of rotatable bonds is 2. The molecule has 0 saturated carbocycles. The van der Waals surface area contributed by atoms with Crippen molar-refractivity contribution in [3.8, 4) is 0 Å². The fourth-order valence-electron chi connectivity index (χ4n) is 1.78. The highest BCUT2D eigenvalue weighted by atomic mass is 35.5. The molecule has 7 heteroatoms. The van der Waals surface area contributed by atoms with Crippen LogP contribution in [0.4, 0.5) is 5.95 Å². The number of thiazole rings is 1. The van der Waals surface area contributed by atoms with Gasteiger partial charge in [0, 0.05) is 5.38 Å². The molecule has 0 radical (unpaired) electrons. The number of nitrogens with two attached hydrogens (primary N) is 1. The van der Waals surface area contributed by atoms with Crippen molar-refractivity contribution in [1.29, 1.82) is 0 Å². The molecular formula is C11H8Cl2N4S. The van der Waals surface area contributed by atoms with Crippen molar-refractivity contribution >= 4 is 51.5 Å². The predicted molar refractivity (Wildman–Crippen MR) is 75.4 cm³/mol. The van der Waals surface area contributed by atoms with E-state index in [9.17, 15) is 0 Å². The van der Waals surface area contributed by atoms with Gasteiger partial charge in [0.05, 0.1) is 38.8 Å². The van der Waals surface area contributed by atoms with E-state index in [4.69, 9.17) is 28.9 Å². The molecular weight excluding hydrogens is 291 g/mol. The molecule has 3 aromatic rings. The lowest BCUT2D eigenvalue weighted by Crippen LogP contribution is -2.04. The van der Waals surface area contributed by atoms with Gasteiger partial charge >= 0.3 is 0 Å². The molecule has 92 valence electrons. The number of nitrogen functional groups attached to an aromatic ring is 1. The summed E-state index contributed by atoms with van der Waals surface area (Å²) in [5.41, 5.74) is 10.2. The third-order valence-corrected chi connectivity index (χ3v) is 3.98. The molecule has 0 aliphatic carbocycles. The first kappa shape index (κ1) is 11.8. The highest BCUT2D eigenvalue weighted by Gasteiger charge is 2.11. The van der Waals surface area contributed by atoms with Gasteiger partial charge in [-0.05, 0) is 12.1 Å². The minimum atomic E-state index is 0.427. The maximum atomic E-state index is 6.02. The molecule has 0 aliphatic rings. The zero-order chi connectivity index (χ0) is 12.7. The molecule has 0 bridgehead atoms. The van der Waals surface area contributed by atoms with Gasteiger partial charge in [0.1, 0.15) is 0 Å². The maximum absolute atomic E-state index is 6.02. The van der Waals surface area contributed by atoms with E-state index in [0.717, 1.165) is 16.7 Å². The van der Waals surface area contributed by atoms with Crippen molar-refractivity contribution in [2.45, 2.75) is 6.54 Å². The van der Waals surface area contributed by atoms with E-state index in [1.165, 1.54) is 0 Å². The Bertz CT molecular complexity index is 705. The molecule has 2 heterocycles. The van der Waals surface area contributed by atoms with Gasteiger partial charge < -0.3 is 10.3 Å². The fraction of sp³-hybridized carbons (Fsp3) is 0.0909. The van der Waals surface area contributed by atoms with Gasteiger partial charge in [-0.3, -0.25) is 0 Å². The minimum absolute atomic E-state index is 0.427. The number of imidazole rings is 1. The molecule has 1 aromatic carbocycles. The van der Waals surface area contributed by atoms with Gasteiger partial charge in [-0.15, -0.1) is 11.3 Å². The van der Waals surface area contributed by atoms with Crippen molar-refractivity contribution in [3.05, 3.63) is 38.8 Å². The van der Waals surface area contributed by atoms with Gasteiger partial charge in [0.15, 0.2) is 0 Å². The number of nitrogens with zero attached hydrogens (tertiary/aromatic N) is 3. The standard InChI is InChI=1S/C11H8Cl2N4S/c12-7-1-9-10(2-8(7)13)17(11(14)16-9)3-6-4-18-5-15-6/h1-2,4-5H,3H2,(H2,14,16). The lowest BCUT2D eigenvalue weighted by molar-refractivity contribution is 0.816. The zero-order valence-electron chi connectivity index (χ0n) is 9.10. The average molecular weight is 299 g/mol. The molecule has 2 N–H and O–H groups in total.